The lowest BCUT2D eigenvalue weighted by molar-refractivity contribution is 0.767. The topological polar surface area (TPSA) is 4.93 Å². The highest BCUT2D eigenvalue weighted by atomic mass is 15.0. The van der Waals surface area contributed by atoms with Crippen molar-refractivity contribution in [3.05, 3.63) is 258 Å². The minimum absolute atomic E-state index is 0.455. The number of rotatable bonds is 7. The average Bonchev–Trinajstić information content (AvgIpc) is 3.78. The summed E-state index contributed by atoms with van der Waals surface area (Å²) >= 11 is 0. The summed E-state index contributed by atoms with van der Waals surface area (Å²) in [6.07, 6.45) is 0.939. The van der Waals surface area contributed by atoms with Crippen LogP contribution in [0.2, 0.25) is 0 Å². The normalized spacial score (nSPS) is 12.8. The van der Waals surface area contributed by atoms with Crippen molar-refractivity contribution < 1.29 is 0 Å². The molecule has 1 heteroatoms. The van der Waals surface area contributed by atoms with Gasteiger partial charge < -0.3 is 4.57 Å². The summed E-state index contributed by atoms with van der Waals surface area (Å²) in [4.78, 5) is 0. The number of benzene rings is 9. The van der Waals surface area contributed by atoms with Gasteiger partial charge in [0.25, 0.3) is 0 Å². The minimum Gasteiger partial charge on any atom is -0.309 e. The third kappa shape index (κ3) is 5.39. The van der Waals surface area contributed by atoms with Crippen molar-refractivity contribution in [1.82, 2.24) is 4.57 Å². The molecule has 10 aromatic rings. The third-order valence-corrected chi connectivity index (χ3v) is 12.1. The highest BCUT2D eigenvalue weighted by molar-refractivity contribution is 6.10. The SMILES string of the molecule is c1ccc(Cc2ccc(-c3cccc(-c4ccc5c(c4)c4ccccc4n5-c4ccc5c(c4)C(c4ccccc4)(c4ccccc4)c4ccccc4-5)c3)cc2)cc1. The lowest BCUT2D eigenvalue weighted by atomic mass is 9.67. The maximum absolute atomic E-state index is 2.46. The molecule has 0 aliphatic heterocycles. The molecule has 0 saturated heterocycles. The van der Waals surface area contributed by atoms with E-state index in [4.69, 9.17) is 0 Å². The summed E-state index contributed by atoms with van der Waals surface area (Å²) in [7, 11) is 0. The molecule has 0 N–H and O–H groups in total. The van der Waals surface area contributed by atoms with Crippen LogP contribution in [-0.4, -0.2) is 4.57 Å². The van der Waals surface area contributed by atoms with Crippen LogP contribution in [0, 0.1) is 0 Å². The Hall–Kier alpha value is -7.22. The maximum atomic E-state index is 2.46. The molecule has 0 unspecified atom stereocenters. The molecule has 9 aromatic carbocycles. The summed E-state index contributed by atoms with van der Waals surface area (Å²) in [5, 5.41) is 2.50. The fraction of sp³-hybridized carbons (Fsp3) is 0.0357. The van der Waals surface area contributed by atoms with Crippen molar-refractivity contribution in [2.45, 2.75) is 11.8 Å². The van der Waals surface area contributed by atoms with E-state index in [1.165, 1.54) is 88.6 Å². The monoisotopic (exact) mass is 725 g/mol. The summed E-state index contributed by atoms with van der Waals surface area (Å²) in [5.41, 5.74) is 18.4. The molecule has 0 bridgehead atoms. The van der Waals surface area contributed by atoms with E-state index in [0.717, 1.165) is 12.1 Å². The second kappa shape index (κ2) is 13.5. The first kappa shape index (κ1) is 33.1. The molecule has 0 radical (unpaired) electrons. The van der Waals surface area contributed by atoms with E-state index in [2.05, 4.69) is 229 Å². The van der Waals surface area contributed by atoms with E-state index in [-0.39, 0.29) is 0 Å². The second-order valence-corrected chi connectivity index (χ2v) is 15.3. The van der Waals surface area contributed by atoms with Crippen LogP contribution in [0.25, 0.3) is 60.9 Å². The Morgan fingerprint density at radius 3 is 1.65 bits per heavy atom. The average molecular weight is 726 g/mol. The summed E-state index contributed by atoms with van der Waals surface area (Å²) in [6.45, 7) is 0. The number of hydrogen-bond donors (Lipinski definition) is 0. The van der Waals surface area contributed by atoms with Gasteiger partial charge in [0.2, 0.25) is 0 Å². The molecule has 57 heavy (non-hydrogen) atoms. The zero-order valence-corrected chi connectivity index (χ0v) is 31.5. The number of para-hydroxylation sites is 1. The van der Waals surface area contributed by atoms with E-state index < -0.39 is 5.41 Å². The van der Waals surface area contributed by atoms with Crippen LogP contribution >= 0.6 is 0 Å². The smallest absolute Gasteiger partial charge is 0.0714 e. The summed E-state index contributed by atoms with van der Waals surface area (Å²) in [6, 6.07) is 82.8. The molecule has 1 aliphatic rings. The molecule has 1 nitrogen and oxygen atoms in total. The Morgan fingerprint density at radius 1 is 0.333 bits per heavy atom. The first-order chi connectivity index (χ1) is 28.3. The van der Waals surface area contributed by atoms with Crippen molar-refractivity contribution >= 4 is 21.8 Å². The van der Waals surface area contributed by atoms with Gasteiger partial charge in [-0.1, -0.05) is 188 Å². The first-order valence-corrected chi connectivity index (χ1v) is 19.9. The van der Waals surface area contributed by atoms with Gasteiger partial charge in [0.1, 0.15) is 0 Å². The Morgan fingerprint density at radius 2 is 0.895 bits per heavy atom. The second-order valence-electron chi connectivity index (χ2n) is 15.3. The van der Waals surface area contributed by atoms with Gasteiger partial charge in [-0.05, 0) is 110 Å². The van der Waals surface area contributed by atoms with Gasteiger partial charge >= 0.3 is 0 Å². The Labute approximate surface area is 333 Å². The molecule has 11 rings (SSSR count). The van der Waals surface area contributed by atoms with E-state index in [1.807, 2.05) is 0 Å². The van der Waals surface area contributed by atoms with Crippen LogP contribution < -0.4 is 0 Å². The number of hydrogen-bond acceptors (Lipinski definition) is 0. The molecule has 268 valence electrons. The fourth-order valence-electron chi connectivity index (χ4n) is 9.53. The Bertz CT molecular complexity index is 3020. The van der Waals surface area contributed by atoms with Crippen molar-refractivity contribution in [1.29, 1.82) is 0 Å². The highest BCUT2D eigenvalue weighted by Gasteiger charge is 2.46. The standard InChI is InChI=1S/C56H39N/c1-4-15-39(16-5-1)35-40-27-29-41(30-28-40)42-17-14-18-43(36-42)44-31-34-55-51(37-44)50-24-11-13-26-54(50)57(55)47-32-33-49-48-23-10-12-25-52(48)56(53(49)38-47,45-19-6-2-7-20-45)46-21-8-3-9-22-46/h1-34,36-38H,35H2. The molecular formula is C56H39N. The lowest BCUT2D eigenvalue weighted by Gasteiger charge is -2.34. The van der Waals surface area contributed by atoms with Gasteiger partial charge in [-0.2, -0.15) is 0 Å². The molecule has 0 amide bonds. The van der Waals surface area contributed by atoms with Gasteiger partial charge in [-0.15, -0.1) is 0 Å². The molecule has 1 heterocycles. The van der Waals surface area contributed by atoms with E-state index in [1.54, 1.807) is 0 Å². The number of fused-ring (bicyclic) bond motifs is 6. The van der Waals surface area contributed by atoms with Crippen LogP contribution in [0.1, 0.15) is 33.4 Å². The molecule has 0 spiro atoms. The van der Waals surface area contributed by atoms with E-state index in [0.29, 0.717) is 0 Å². The van der Waals surface area contributed by atoms with Crippen LogP contribution in [0.5, 0.6) is 0 Å². The van der Waals surface area contributed by atoms with Crippen molar-refractivity contribution in [3.8, 4) is 39.1 Å². The molecular weight excluding hydrogens is 687 g/mol. The Kier molecular flexibility index (Phi) is 7.86. The first-order valence-electron chi connectivity index (χ1n) is 19.9. The number of aromatic nitrogens is 1. The van der Waals surface area contributed by atoms with Gasteiger partial charge in [0.15, 0.2) is 0 Å². The van der Waals surface area contributed by atoms with Gasteiger partial charge in [-0.25, -0.2) is 0 Å². The van der Waals surface area contributed by atoms with Crippen LogP contribution in [0.4, 0.5) is 0 Å². The largest absolute Gasteiger partial charge is 0.309 e. The van der Waals surface area contributed by atoms with Crippen molar-refractivity contribution in [2.24, 2.45) is 0 Å². The molecule has 0 fully saturated rings. The van der Waals surface area contributed by atoms with Gasteiger partial charge in [0.05, 0.1) is 16.4 Å². The van der Waals surface area contributed by atoms with Crippen LogP contribution in [0.15, 0.2) is 224 Å². The molecule has 0 saturated carbocycles. The predicted molar refractivity (Wildman–Crippen MR) is 238 cm³/mol. The quantitative estimate of drug-likeness (QED) is 0.154. The highest BCUT2D eigenvalue weighted by Crippen LogP contribution is 2.56. The number of nitrogens with zero attached hydrogens (tertiary/aromatic N) is 1. The zero-order valence-electron chi connectivity index (χ0n) is 31.5. The van der Waals surface area contributed by atoms with Crippen molar-refractivity contribution in [2.75, 3.05) is 0 Å². The van der Waals surface area contributed by atoms with Crippen LogP contribution in [-0.2, 0) is 11.8 Å². The third-order valence-electron chi connectivity index (χ3n) is 12.1. The van der Waals surface area contributed by atoms with Crippen molar-refractivity contribution in [3.63, 3.8) is 0 Å². The fourth-order valence-corrected chi connectivity index (χ4v) is 9.53. The molecule has 1 aliphatic carbocycles. The lowest BCUT2D eigenvalue weighted by Crippen LogP contribution is -2.28. The van der Waals surface area contributed by atoms with E-state index in [9.17, 15) is 0 Å². The Balaban J connectivity index is 1.03. The van der Waals surface area contributed by atoms with Gasteiger partial charge in [-0.3, -0.25) is 0 Å². The van der Waals surface area contributed by atoms with E-state index >= 15 is 0 Å². The zero-order chi connectivity index (χ0) is 37.8. The molecule has 1 aromatic heterocycles. The molecule has 0 atom stereocenters. The summed E-state index contributed by atoms with van der Waals surface area (Å²) in [5.74, 6) is 0. The van der Waals surface area contributed by atoms with Gasteiger partial charge in [0, 0.05) is 16.5 Å². The maximum Gasteiger partial charge on any atom is 0.0714 e. The van der Waals surface area contributed by atoms with Crippen LogP contribution in [0.3, 0.4) is 0 Å². The summed E-state index contributed by atoms with van der Waals surface area (Å²) < 4.78 is 2.46. The minimum atomic E-state index is -0.455. The predicted octanol–water partition coefficient (Wildman–Crippen LogP) is 14.1.